The average molecular weight is 616 g/mol. The molecule has 2 aliphatic heterocycles. The molecule has 2 aromatic heterocycles. The van der Waals surface area contributed by atoms with Crippen LogP contribution in [0, 0.1) is 17.8 Å². The summed E-state index contributed by atoms with van der Waals surface area (Å²) < 4.78 is 21.3. The van der Waals surface area contributed by atoms with E-state index in [2.05, 4.69) is 43.0 Å². The Kier molecular flexibility index (Phi) is 6.25. The zero-order valence-corrected chi connectivity index (χ0v) is 24.9. The van der Waals surface area contributed by atoms with Gasteiger partial charge in [-0.25, -0.2) is 19.7 Å². The molecule has 4 saturated carbocycles. The average Bonchev–Trinajstić information content (AvgIpc) is 3.76. The van der Waals surface area contributed by atoms with Gasteiger partial charge in [-0.15, -0.1) is 0 Å². The van der Waals surface area contributed by atoms with Crippen LogP contribution in [0.5, 0.6) is 0 Å². The van der Waals surface area contributed by atoms with Crippen LogP contribution in [0.4, 0.5) is 10.6 Å². The largest absolute Gasteiger partial charge is 0.395 e. The number of carbonyl (C=O) groups excluding carboxylic acids is 2. The fraction of sp³-hybridized carbons (Fsp3) is 0.594. The predicted octanol–water partition coefficient (Wildman–Crippen LogP) is 2.20. The van der Waals surface area contributed by atoms with Crippen LogP contribution in [0.3, 0.4) is 0 Å². The summed E-state index contributed by atoms with van der Waals surface area (Å²) in [5, 5.41) is 18.3. The molecule has 13 heteroatoms. The van der Waals surface area contributed by atoms with E-state index in [1.165, 1.54) is 25.6 Å². The number of nitrogens with zero attached hydrogens (tertiary/aromatic N) is 4. The van der Waals surface area contributed by atoms with Crippen molar-refractivity contribution in [3.63, 3.8) is 0 Å². The van der Waals surface area contributed by atoms with E-state index in [1.807, 2.05) is 12.1 Å². The molecule has 1 aromatic carbocycles. The minimum absolute atomic E-state index is 0.0970. The Balaban J connectivity index is 0.982. The number of urea groups is 1. The molecule has 4 N–H and O–H groups in total. The maximum atomic E-state index is 13.4. The number of carbonyl (C=O) groups is 2. The van der Waals surface area contributed by atoms with Crippen molar-refractivity contribution in [1.29, 1.82) is 0 Å². The molecule has 0 radical (unpaired) electrons. The third-order valence-corrected chi connectivity index (χ3v) is 10.9. The van der Waals surface area contributed by atoms with Gasteiger partial charge in [-0.1, -0.05) is 24.3 Å². The Labute approximate surface area is 259 Å². The first-order valence-electron chi connectivity index (χ1n) is 16.1. The smallest absolute Gasteiger partial charge is 0.320 e. The van der Waals surface area contributed by atoms with E-state index in [1.54, 1.807) is 10.9 Å². The van der Waals surface area contributed by atoms with Gasteiger partial charge in [0, 0.05) is 24.9 Å². The maximum Gasteiger partial charge on any atom is 0.320 e. The number of aromatic nitrogens is 4. The van der Waals surface area contributed by atoms with Gasteiger partial charge in [0.25, 0.3) is 5.91 Å². The lowest BCUT2D eigenvalue weighted by atomic mass is 9.53. The fourth-order valence-electron chi connectivity index (χ4n) is 9.62. The Hall–Kier alpha value is -3.65. The minimum atomic E-state index is -0.974. The summed E-state index contributed by atoms with van der Waals surface area (Å²) in [6.45, 7) is -0.0956. The van der Waals surface area contributed by atoms with E-state index < -0.39 is 30.3 Å². The first kappa shape index (κ1) is 27.6. The number of rotatable bonds is 6. The van der Waals surface area contributed by atoms with E-state index in [-0.39, 0.29) is 30.6 Å². The van der Waals surface area contributed by atoms with Gasteiger partial charge in [0.1, 0.15) is 18.5 Å². The van der Waals surface area contributed by atoms with Crippen LogP contribution in [-0.4, -0.2) is 79.4 Å². The summed E-state index contributed by atoms with van der Waals surface area (Å²) in [6.07, 6.45) is 8.04. The molecule has 45 heavy (non-hydrogen) atoms. The summed E-state index contributed by atoms with van der Waals surface area (Å²) in [4.78, 5) is 40.0. The maximum absolute atomic E-state index is 13.4. The zero-order chi connectivity index (χ0) is 30.3. The second-order valence-corrected chi connectivity index (χ2v) is 14.0. The van der Waals surface area contributed by atoms with Crippen LogP contribution in [0.1, 0.15) is 55.9 Å². The second kappa shape index (κ2) is 10.2. The number of aliphatic hydroxyl groups excluding tert-OH is 1. The van der Waals surface area contributed by atoms with E-state index in [0.717, 1.165) is 30.4 Å². The van der Waals surface area contributed by atoms with Crippen LogP contribution in [-0.2, 0) is 31.8 Å². The summed E-state index contributed by atoms with van der Waals surface area (Å²) in [6, 6.07) is 7.85. The number of amides is 3. The van der Waals surface area contributed by atoms with Crippen LogP contribution in [0.15, 0.2) is 36.9 Å². The van der Waals surface area contributed by atoms with Gasteiger partial charge >= 0.3 is 6.03 Å². The fourth-order valence-corrected chi connectivity index (χ4v) is 9.62. The first-order valence-corrected chi connectivity index (χ1v) is 16.1. The van der Waals surface area contributed by atoms with Crippen LogP contribution < -0.4 is 16.0 Å². The third-order valence-electron chi connectivity index (χ3n) is 10.9. The number of hydrogen-bond acceptors (Lipinski definition) is 9. The van der Waals surface area contributed by atoms with Crippen molar-refractivity contribution in [1.82, 2.24) is 30.2 Å². The molecule has 236 valence electrons. The summed E-state index contributed by atoms with van der Waals surface area (Å²) in [5.74, 6) is 1.13. The van der Waals surface area contributed by atoms with Gasteiger partial charge in [-0.05, 0) is 67.4 Å². The van der Waals surface area contributed by atoms with E-state index in [4.69, 9.17) is 14.2 Å². The van der Waals surface area contributed by atoms with Gasteiger partial charge in [-0.2, -0.15) is 0 Å². The summed E-state index contributed by atoms with van der Waals surface area (Å²) >= 11 is 0. The molecule has 13 nitrogen and oxygen atoms in total. The molecular formula is C32H37N7O6. The molecule has 3 aromatic rings. The van der Waals surface area contributed by atoms with Gasteiger partial charge in [0.2, 0.25) is 0 Å². The SMILES string of the molecule is O=C(Nc1ncnc2c1ncn2[C@@H]1O[C@H](C(=O)NCCO)C2OC3(Cc4ccccc4C3)O[C@@H]21)NC12CC3CC(CC(C3)C1)C2. The van der Waals surface area contributed by atoms with E-state index in [9.17, 15) is 14.7 Å². The van der Waals surface area contributed by atoms with Crippen molar-refractivity contribution in [2.24, 2.45) is 17.8 Å². The van der Waals surface area contributed by atoms with Gasteiger partial charge < -0.3 is 30.0 Å². The standard InChI is InChI=1S/C32H37N7O6/c40-6-5-33-28(41)24-23-25(45-32(44-23)13-20-3-1-2-4-21(20)14-32)29(43-24)39-16-36-22-26(34-15-35-27(22)39)37-30(42)38-31-10-17-7-18(11-31)9-19(8-17)12-31/h1-4,15-19,23-25,29,40H,5-14H2,(H,33,41)(H2,34,35,37,38,42)/t17?,18?,19?,23?,24-,25-,29+,31?/m0/s1. The number of benzene rings is 1. The third kappa shape index (κ3) is 4.54. The van der Waals surface area contributed by atoms with Crippen LogP contribution >= 0.6 is 0 Å². The van der Waals surface area contributed by atoms with Crippen LogP contribution in [0.25, 0.3) is 11.2 Å². The van der Waals surface area contributed by atoms with Crippen molar-refractivity contribution in [2.45, 2.75) is 87.2 Å². The number of anilines is 1. The van der Waals surface area contributed by atoms with E-state index >= 15 is 0 Å². The minimum Gasteiger partial charge on any atom is -0.395 e. The molecule has 2 saturated heterocycles. The second-order valence-electron chi connectivity index (χ2n) is 14.0. The molecule has 1 spiro atoms. The molecule has 10 rings (SSSR count). The number of fused-ring (bicyclic) bond motifs is 3. The highest BCUT2D eigenvalue weighted by Crippen LogP contribution is 2.55. The molecule has 5 aliphatic carbocycles. The highest BCUT2D eigenvalue weighted by Gasteiger charge is 2.62. The van der Waals surface area contributed by atoms with E-state index in [0.29, 0.717) is 47.6 Å². The van der Waals surface area contributed by atoms with Crippen molar-refractivity contribution in [2.75, 3.05) is 18.5 Å². The molecule has 1 unspecified atom stereocenters. The van der Waals surface area contributed by atoms with Gasteiger partial charge in [-0.3, -0.25) is 14.7 Å². The quantitative estimate of drug-likeness (QED) is 0.326. The lowest BCUT2D eigenvalue weighted by Gasteiger charge is -2.56. The number of imidazole rings is 1. The van der Waals surface area contributed by atoms with Crippen molar-refractivity contribution in [3.8, 4) is 0 Å². The topological polar surface area (TPSA) is 162 Å². The van der Waals surface area contributed by atoms with Crippen LogP contribution in [0.2, 0.25) is 0 Å². The molecule has 4 atom stereocenters. The Morgan fingerprint density at radius 3 is 2.33 bits per heavy atom. The molecule has 4 heterocycles. The molecule has 3 amide bonds. The summed E-state index contributed by atoms with van der Waals surface area (Å²) in [5.41, 5.74) is 3.01. The monoisotopic (exact) mass is 615 g/mol. The Bertz CT molecular complexity index is 1620. The normalized spacial score (nSPS) is 35.1. The number of hydrogen-bond donors (Lipinski definition) is 4. The molecule has 4 bridgehead atoms. The molecule has 6 fully saturated rings. The number of aliphatic hydroxyl groups is 1. The lowest BCUT2D eigenvalue weighted by Crippen LogP contribution is -2.60. The van der Waals surface area contributed by atoms with Gasteiger partial charge in [0.05, 0.1) is 12.9 Å². The van der Waals surface area contributed by atoms with Crippen molar-refractivity contribution < 1.29 is 28.9 Å². The predicted molar refractivity (Wildman–Crippen MR) is 159 cm³/mol. The number of nitrogens with one attached hydrogen (secondary N) is 3. The zero-order valence-electron chi connectivity index (χ0n) is 24.9. The first-order chi connectivity index (χ1) is 21.9. The lowest BCUT2D eigenvalue weighted by molar-refractivity contribution is -0.211. The molecule has 7 aliphatic rings. The van der Waals surface area contributed by atoms with Crippen molar-refractivity contribution >= 4 is 28.9 Å². The highest BCUT2D eigenvalue weighted by atomic mass is 16.8. The van der Waals surface area contributed by atoms with Gasteiger partial charge in [0.15, 0.2) is 35.1 Å². The summed E-state index contributed by atoms with van der Waals surface area (Å²) in [7, 11) is 0. The Morgan fingerprint density at radius 1 is 0.956 bits per heavy atom. The highest BCUT2D eigenvalue weighted by molar-refractivity contribution is 5.96. The number of ether oxygens (including phenoxy) is 3. The van der Waals surface area contributed by atoms with Crippen molar-refractivity contribution in [3.05, 3.63) is 48.0 Å². The Morgan fingerprint density at radius 2 is 1.64 bits per heavy atom. The molecular weight excluding hydrogens is 578 g/mol.